The molecule has 1 aromatic heterocycles. The van der Waals surface area contributed by atoms with Gasteiger partial charge in [0, 0.05) is 7.05 Å². The molecule has 0 fully saturated rings. The SMILES string of the molecule is CC(COc1n[nH]c(=O)n1C)O[Si](C)(C)C(C)(C)C. The highest BCUT2D eigenvalue weighted by molar-refractivity contribution is 6.74. The van der Waals surface area contributed by atoms with Crippen molar-refractivity contribution in [2.24, 2.45) is 7.05 Å². The van der Waals surface area contributed by atoms with Crippen LogP contribution in [0, 0.1) is 0 Å². The first kappa shape index (κ1) is 16.0. The molecule has 0 aliphatic heterocycles. The van der Waals surface area contributed by atoms with Crippen molar-refractivity contribution in [2.75, 3.05) is 6.61 Å². The molecule has 1 unspecified atom stereocenters. The first-order valence-electron chi connectivity index (χ1n) is 6.46. The van der Waals surface area contributed by atoms with Gasteiger partial charge in [-0.05, 0) is 25.1 Å². The molecule has 0 spiro atoms. The number of nitrogens with zero attached hydrogens (tertiary/aromatic N) is 2. The standard InChI is InChI=1S/C12H25N3O3Si/c1-9(18-19(6,7)12(2,3)4)8-17-11-14-13-10(16)15(11)5/h9H,8H2,1-7H3,(H,13,16). The number of aromatic nitrogens is 3. The van der Waals surface area contributed by atoms with Crippen LogP contribution in [0.5, 0.6) is 6.01 Å². The first-order chi connectivity index (χ1) is 8.54. The molecule has 0 aliphatic carbocycles. The Morgan fingerprint density at radius 3 is 2.42 bits per heavy atom. The molecule has 0 aliphatic rings. The Bertz CT molecular complexity index is 473. The van der Waals surface area contributed by atoms with E-state index in [9.17, 15) is 4.79 Å². The number of aromatic amines is 1. The summed E-state index contributed by atoms with van der Waals surface area (Å²) in [7, 11) is -0.180. The number of hydrogen-bond donors (Lipinski definition) is 1. The second-order valence-electron chi connectivity index (χ2n) is 6.37. The normalized spacial score (nSPS) is 14.5. The van der Waals surface area contributed by atoms with E-state index in [0.29, 0.717) is 6.61 Å². The topological polar surface area (TPSA) is 69.1 Å². The van der Waals surface area contributed by atoms with E-state index < -0.39 is 8.32 Å². The summed E-state index contributed by atoms with van der Waals surface area (Å²) in [5, 5.41) is 6.29. The van der Waals surface area contributed by atoms with Gasteiger partial charge in [0.05, 0.1) is 6.10 Å². The minimum Gasteiger partial charge on any atom is -0.461 e. The molecule has 0 aromatic carbocycles. The maximum Gasteiger partial charge on any atom is 0.345 e. The van der Waals surface area contributed by atoms with Crippen LogP contribution in [-0.2, 0) is 11.5 Å². The molecule has 6 nitrogen and oxygen atoms in total. The molecule has 1 N–H and O–H groups in total. The van der Waals surface area contributed by atoms with Crippen LogP contribution in [0.4, 0.5) is 0 Å². The fourth-order valence-electron chi connectivity index (χ4n) is 1.37. The van der Waals surface area contributed by atoms with Gasteiger partial charge in [-0.3, -0.25) is 0 Å². The van der Waals surface area contributed by atoms with Crippen LogP contribution in [0.25, 0.3) is 0 Å². The molecular weight excluding hydrogens is 262 g/mol. The summed E-state index contributed by atoms with van der Waals surface area (Å²) >= 11 is 0. The van der Waals surface area contributed by atoms with Crippen LogP contribution < -0.4 is 10.4 Å². The van der Waals surface area contributed by atoms with Gasteiger partial charge in [-0.25, -0.2) is 14.5 Å². The lowest BCUT2D eigenvalue weighted by atomic mass is 10.2. The summed E-state index contributed by atoms with van der Waals surface area (Å²) in [5.74, 6) is 0. The van der Waals surface area contributed by atoms with Crippen LogP contribution >= 0.6 is 0 Å². The lowest BCUT2D eigenvalue weighted by Crippen LogP contribution is -2.44. The van der Waals surface area contributed by atoms with Crippen molar-refractivity contribution in [3.8, 4) is 6.01 Å². The number of hydrogen-bond acceptors (Lipinski definition) is 4. The van der Waals surface area contributed by atoms with Gasteiger partial charge in [0.1, 0.15) is 6.61 Å². The van der Waals surface area contributed by atoms with E-state index >= 15 is 0 Å². The van der Waals surface area contributed by atoms with Crippen molar-refractivity contribution in [2.45, 2.75) is 51.9 Å². The predicted octanol–water partition coefficient (Wildman–Crippen LogP) is 1.90. The number of ether oxygens (including phenoxy) is 1. The minimum atomic E-state index is -1.79. The average Bonchev–Trinajstić information content (AvgIpc) is 2.55. The summed E-state index contributed by atoms with van der Waals surface area (Å²) in [6.45, 7) is 13.4. The van der Waals surface area contributed by atoms with Gasteiger partial charge in [-0.2, -0.15) is 0 Å². The van der Waals surface area contributed by atoms with Gasteiger partial charge < -0.3 is 9.16 Å². The lowest BCUT2D eigenvalue weighted by molar-refractivity contribution is 0.121. The Hall–Kier alpha value is -1.08. The third-order valence-corrected chi connectivity index (χ3v) is 8.19. The van der Waals surface area contributed by atoms with Crippen molar-refractivity contribution >= 4 is 8.32 Å². The summed E-state index contributed by atoms with van der Waals surface area (Å²) < 4.78 is 13.0. The van der Waals surface area contributed by atoms with E-state index in [-0.39, 0.29) is 22.8 Å². The fraction of sp³-hybridized carbons (Fsp3) is 0.833. The maximum absolute atomic E-state index is 11.2. The van der Waals surface area contributed by atoms with Gasteiger partial charge in [0.15, 0.2) is 8.32 Å². The fourth-order valence-corrected chi connectivity index (χ4v) is 2.79. The van der Waals surface area contributed by atoms with Crippen LogP contribution in [-0.4, -0.2) is 35.8 Å². The van der Waals surface area contributed by atoms with Crippen molar-refractivity contribution < 1.29 is 9.16 Å². The smallest absolute Gasteiger partial charge is 0.345 e. The molecule has 7 heteroatoms. The third-order valence-electron chi connectivity index (χ3n) is 3.59. The highest BCUT2D eigenvalue weighted by atomic mass is 28.4. The number of nitrogens with one attached hydrogen (secondary N) is 1. The average molecular weight is 287 g/mol. The zero-order chi connectivity index (χ0) is 14.8. The minimum absolute atomic E-state index is 0.0345. The number of rotatable bonds is 5. The lowest BCUT2D eigenvalue weighted by Gasteiger charge is -2.38. The summed E-state index contributed by atoms with van der Waals surface area (Å²) in [6, 6.07) is 0.288. The van der Waals surface area contributed by atoms with E-state index in [4.69, 9.17) is 9.16 Å². The second-order valence-corrected chi connectivity index (χ2v) is 11.1. The van der Waals surface area contributed by atoms with Crippen molar-refractivity contribution in [1.82, 2.24) is 14.8 Å². The van der Waals surface area contributed by atoms with Gasteiger partial charge in [-0.1, -0.05) is 20.8 Å². The third kappa shape index (κ3) is 3.94. The molecule has 0 amide bonds. The van der Waals surface area contributed by atoms with Gasteiger partial charge >= 0.3 is 11.7 Å². The Morgan fingerprint density at radius 1 is 1.42 bits per heavy atom. The molecule has 1 aromatic rings. The zero-order valence-electron chi connectivity index (χ0n) is 12.9. The molecule has 1 heterocycles. The Kier molecular flexibility index (Phi) is 4.62. The van der Waals surface area contributed by atoms with E-state index in [0.717, 1.165) is 0 Å². The van der Waals surface area contributed by atoms with Crippen LogP contribution in [0.1, 0.15) is 27.7 Å². The Morgan fingerprint density at radius 2 is 2.00 bits per heavy atom. The molecule has 1 rings (SSSR count). The highest BCUT2D eigenvalue weighted by Gasteiger charge is 2.38. The molecule has 0 bridgehead atoms. The first-order valence-corrected chi connectivity index (χ1v) is 9.37. The molecule has 0 radical (unpaired) electrons. The monoisotopic (exact) mass is 287 g/mol. The van der Waals surface area contributed by atoms with Crippen molar-refractivity contribution in [3.05, 3.63) is 10.5 Å². The van der Waals surface area contributed by atoms with E-state index in [2.05, 4.69) is 44.1 Å². The van der Waals surface area contributed by atoms with Crippen LogP contribution in [0.15, 0.2) is 4.79 Å². The maximum atomic E-state index is 11.2. The molecular formula is C12H25N3O3Si. The molecule has 110 valence electrons. The van der Waals surface area contributed by atoms with Gasteiger partial charge in [0.2, 0.25) is 0 Å². The molecule has 0 saturated heterocycles. The zero-order valence-corrected chi connectivity index (χ0v) is 13.9. The summed E-state index contributed by atoms with van der Waals surface area (Å²) in [5.41, 5.74) is -0.284. The van der Waals surface area contributed by atoms with E-state index in [1.807, 2.05) is 6.92 Å². The summed E-state index contributed by atoms with van der Waals surface area (Å²) in [4.78, 5) is 11.2. The van der Waals surface area contributed by atoms with Crippen molar-refractivity contribution in [1.29, 1.82) is 0 Å². The van der Waals surface area contributed by atoms with Crippen molar-refractivity contribution in [3.63, 3.8) is 0 Å². The van der Waals surface area contributed by atoms with Gasteiger partial charge in [-0.15, -0.1) is 5.10 Å². The number of H-pyrrole nitrogens is 1. The highest BCUT2D eigenvalue weighted by Crippen LogP contribution is 2.37. The van der Waals surface area contributed by atoms with Crippen LogP contribution in [0.2, 0.25) is 18.1 Å². The predicted molar refractivity (Wildman–Crippen MR) is 77.1 cm³/mol. The molecule has 1 atom stereocenters. The summed E-state index contributed by atoms with van der Waals surface area (Å²) in [6.07, 6.45) is -0.0345. The van der Waals surface area contributed by atoms with Crippen LogP contribution in [0.3, 0.4) is 0 Å². The second kappa shape index (κ2) is 5.50. The Labute approximate surface area is 115 Å². The largest absolute Gasteiger partial charge is 0.461 e. The quantitative estimate of drug-likeness (QED) is 0.840. The van der Waals surface area contributed by atoms with E-state index in [1.54, 1.807) is 7.05 Å². The van der Waals surface area contributed by atoms with Gasteiger partial charge in [0.25, 0.3) is 0 Å². The Balaban J connectivity index is 2.55. The molecule has 19 heavy (non-hydrogen) atoms. The molecule has 0 saturated carbocycles. The van der Waals surface area contributed by atoms with E-state index in [1.165, 1.54) is 4.57 Å².